The summed E-state index contributed by atoms with van der Waals surface area (Å²) in [6.07, 6.45) is 10.1. The van der Waals surface area contributed by atoms with Gasteiger partial charge in [-0.15, -0.1) is 0 Å². The lowest BCUT2D eigenvalue weighted by Crippen LogP contribution is -2.05. The third-order valence-corrected chi connectivity index (χ3v) is 3.50. The average Bonchev–Trinajstić information content (AvgIpc) is 2.58. The molecule has 3 heteroatoms. The van der Waals surface area contributed by atoms with Gasteiger partial charge in [-0.2, -0.15) is 0 Å². The van der Waals surface area contributed by atoms with Crippen molar-refractivity contribution in [2.24, 2.45) is 0 Å². The normalized spacial score (nSPS) is 19.4. The summed E-state index contributed by atoms with van der Waals surface area (Å²) in [4.78, 5) is 11.4. The van der Waals surface area contributed by atoms with E-state index in [1.54, 1.807) is 6.92 Å². The van der Waals surface area contributed by atoms with Crippen LogP contribution >= 0.6 is 0 Å². The zero-order valence-electron chi connectivity index (χ0n) is 11.7. The molecule has 1 aliphatic heterocycles. The fourth-order valence-electron chi connectivity index (χ4n) is 2.30. The molecule has 1 heterocycles. The van der Waals surface area contributed by atoms with Crippen molar-refractivity contribution in [1.29, 1.82) is 0 Å². The van der Waals surface area contributed by atoms with Crippen molar-refractivity contribution in [2.45, 2.75) is 77.7 Å². The second-order valence-corrected chi connectivity index (χ2v) is 5.14. The molecule has 3 nitrogen and oxygen atoms in total. The van der Waals surface area contributed by atoms with Gasteiger partial charge in [0, 0.05) is 0 Å². The van der Waals surface area contributed by atoms with Gasteiger partial charge in [0.15, 0.2) is 6.10 Å². The molecule has 1 aliphatic rings. The molecular formula is C15H26O3. The molecule has 0 spiro atoms. The molecule has 0 aliphatic carbocycles. The molecule has 0 bridgehead atoms. The summed E-state index contributed by atoms with van der Waals surface area (Å²) in [5.74, 6) is -0.189. The third kappa shape index (κ3) is 4.71. The van der Waals surface area contributed by atoms with E-state index in [1.807, 2.05) is 0 Å². The van der Waals surface area contributed by atoms with Crippen LogP contribution in [0.15, 0.2) is 11.3 Å². The van der Waals surface area contributed by atoms with Crippen molar-refractivity contribution >= 4 is 5.97 Å². The predicted octanol–water partition coefficient (Wildman–Crippen LogP) is 4.27. The zero-order valence-corrected chi connectivity index (χ0v) is 11.7. The first kappa shape index (κ1) is 15.1. The minimum atomic E-state index is -0.443. The number of aliphatic hydroxyl groups is 1. The number of hydrogen-bond donors (Lipinski definition) is 1. The number of aliphatic hydroxyl groups excluding tert-OH is 1. The number of ether oxygens (including phenoxy) is 1. The number of hydrogen-bond acceptors (Lipinski definition) is 3. The van der Waals surface area contributed by atoms with E-state index in [9.17, 15) is 9.90 Å². The fourth-order valence-corrected chi connectivity index (χ4v) is 2.30. The lowest BCUT2D eigenvalue weighted by Gasteiger charge is -2.02. The summed E-state index contributed by atoms with van der Waals surface area (Å²) in [5.41, 5.74) is 0.494. The molecule has 1 rings (SSSR count). The van der Waals surface area contributed by atoms with Gasteiger partial charge in [0.1, 0.15) is 5.76 Å². The van der Waals surface area contributed by atoms with Crippen molar-refractivity contribution in [3.63, 3.8) is 0 Å². The summed E-state index contributed by atoms with van der Waals surface area (Å²) in [6.45, 7) is 3.93. The summed E-state index contributed by atoms with van der Waals surface area (Å²) in [7, 11) is 0. The Balaban J connectivity index is 2.06. The Morgan fingerprint density at radius 2 is 1.61 bits per heavy atom. The van der Waals surface area contributed by atoms with Crippen LogP contribution in [0.25, 0.3) is 0 Å². The fraction of sp³-hybridized carbons (Fsp3) is 0.800. The van der Waals surface area contributed by atoms with Crippen LogP contribution in [0.4, 0.5) is 0 Å². The van der Waals surface area contributed by atoms with Gasteiger partial charge in [0.2, 0.25) is 0 Å². The van der Waals surface area contributed by atoms with Crippen LogP contribution in [0.3, 0.4) is 0 Å². The third-order valence-electron chi connectivity index (χ3n) is 3.50. The van der Waals surface area contributed by atoms with E-state index in [4.69, 9.17) is 4.74 Å². The molecule has 0 amide bonds. The second kappa shape index (κ2) is 8.17. The lowest BCUT2D eigenvalue weighted by molar-refractivity contribution is -0.139. The minimum absolute atomic E-state index is 0.142. The van der Waals surface area contributed by atoms with Crippen LogP contribution < -0.4 is 0 Å². The molecule has 1 atom stereocenters. The molecule has 0 saturated carbocycles. The van der Waals surface area contributed by atoms with Gasteiger partial charge in [0.05, 0.1) is 5.57 Å². The van der Waals surface area contributed by atoms with Crippen molar-refractivity contribution < 1.29 is 14.6 Å². The maximum absolute atomic E-state index is 11.4. The first-order valence-electron chi connectivity index (χ1n) is 7.29. The highest BCUT2D eigenvalue weighted by Crippen LogP contribution is 2.24. The molecular weight excluding hydrogens is 228 g/mol. The molecule has 1 N–H and O–H groups in total. The molecule has 104 valence electrons. The maximum atomic E-state index is 11.4. The monoisotopic (exact) mass is 254 g/mol. The first-order valence-corrected chi connectivity index (χ1v) is 7.29. The van der Waals surface area contributed by atoms with Gasteiger partial charge >= 0.3 is 5.97 Å². The molecule has 0 aromatic carbocycles. The maximum Gasteiger partial charge on any atom is 0.338 e. The Kier molecular flexibility index (Phi) is 6.84. The average molecular weight is 254 g/mol. The summed E-state index contributed by atoms with van der Waals surface area (Å²) < 4.78 is 4.95. The Morgan fingerprint density at radius 3 is 2.11 bits per heavy atom. The minimum Gasteiger partial charge on any atom is -0.508 e. The Labute approximate surface area is 110 Å². The highest BCUT2D eigenvalue weighted by atomic mass is 16.6. The second-order valence-electron chi connectivity index (χ2n) is 5.14. The van der Waals surface area contributed by atoms with Gasteiger partial charge < -0.3 is 9.84 Å². The van der Waals surface area contributed by atoms with Crippen LogP contribution in [0, 0.1) is 0 Å². The van der Waals surface area contributed by atoms with E-state index < -0.39 is 6.10 Å². The van der Waals surface area contributed by atoms with E-state index >= 15 is 0 Å². The number of rotatable bonds is 9. The number of esters is 1. The summed E-state index contributed by atoms with van der Waals surface area (Å²) >= 11 is 0. The van der Waals surface area contributed by atoms with Gasteiger partial charge in [0.25, 0.3) is 0 Å². The standard InChI is InChI=1S/C15H26O3/c1-3-4-5-6-7-8-9-10-11-13-14(16)12(2)18-15(13)17/h12,16H,3-11H2,1-2H3. The highest BCUT2D eigenvalue weighted by molar-refractivity contribution is 5.91. The van der Waals surface area contributed by atoms with Crippen molar-refractivity contribution in [1.82, 2.24) is 0 Å². The number of cyclic esters (lactones) is 1. The summed E-state index contributed by atoms with van der Waals surface area (Å²) in [5, 5.41) is 9.66. The molecule has 0 saturated heterocycles. The Hall–Kier alpha value is -0.990. The predicted molar refractivity (Wildman–Crippen MR) is 72.4 cm³/mol. The number of carbonyl (C=O) groups excluding carboxylic acids is 1. The Morgan fingerprint density at radius 1 is 1.06 bits per heavy atom. The number of carbonyl (C=O) groups is 1. The van der Waals surface area contributed by atoms with Crippen LogP contribution in [0.1, 0.15) is 71.6 Å². The topological polar surface area (TPSA) is 46.5 Å². The smallest absolute Gasteiger partial charge is 0.338 e. The van der Waals surface area contributed by atoms with Crippen molar-refractivity contribution in [3.05, 3.63) is 11.3 Å². The van der Waals surface area contributed by atoms with Crippen molar-refractivity contribution in [2.75, 3.05) is 0 Å². The van der Waals surface area contributed by atoms with Crippen LogP contribution in [0.5, 0.6) is 0 Å². The largest absolute Gasteiger partial charge is 0.508 e. The van der Waals surface area contributed by atoms with Crippen LogP contribution in [-0.2, 0) is 9.53 Å². The molecule has 0 aromatic heterocycles. The van der Waals surface area contributed by atoms with Crippen LogP contribution in [0.2, 0.25) is 0 Å². The van der Waals surface area contributed by atoms with E-state index in [0.29, 0.717) is 12.0 Å². The highest BCUT2D eigenvalue weighted by Gasteiger charge is 2.30. The first-order chi connectivity index (χ1) is 8.66. The zero-order chi connectivity index (χ0) is 13.4. The SMILES string of the molecule is CCCCCCCCCCC1=C(O)C(C)OC1=O. The molecule has 0 radical (unpaired) electrons. The molecule has 0 fully saturated rings. The van der Waals surface area contributed by atoms with Gasteiger partial charge in [-0.3, -0.25) is 0 Å². The van der Waals surface area contributed by atoms with Gasteiger partial charge in [-0.1, -0.05) is 51.9 Å². The van der Waals surface area contributed by atoms with Crippen molar-refractivity contribution in [3.8, 4) is 0 Å². The van der Waals surface area contributed by atoms with E-state index in [-0.39, 0.29) is 11.7 Å². The van der Waals surface area contributed by atoms with E-state index in [2.05, 4.69) is 6.92 Å². The lowest BCUT2D eigenvalue weighted by atomic mass is 10.0. The molecule has 1 unspecified atom stereocenters. The van der Waals surface area contributed by atoms with E-state index in [1.165, 1.54) is 38.5 Å². The molecule has 18 heavy (non-hydrogen) atoms. The van der Waals surface area contributed by atoms with Gasteiger partial charge in [-0.25, -0.2) is 4.79 Å². The summed E-state index contributed by atoms with van der Waals surface area (Å²) in [6, 6.07) is 0. The Bertz CT molecular complexity index is 294. The number of unbranched alkanes of at least 4 members (excludes halogenated alkanes) is 7. The molecule has 0 aromatic rings. The quantitative estimate of drug-likeness (QED) is 0.493. The van der Waals surface area contributed by atoms with E-state index in [0.717, 1.165) is 12.8 Å². The van der Waals surface area contributed by atoms with Crippen LogP contribution in [-0.4, -0.2) is 17.2 Å². The van der Waals surface area contributed by atoms with Gasteiger partial charge in [-0.05, 0) is 19.8 Å².